The average Bonchev–Trinajstić information content (AvgIpc) is 3.24. The zero-order valence-electron chi connectivity index (χ0n) is 19.5. The van der Waals surface area contributed by atoms with Crippen LogP contribution in [0.3, 0.4) is 0 Å². The summed E-state index contributed by atoms with van der Waals surface area (Å²) in [5.41, 5.74) is 3.00. The number of aromatic amines is 1. The molecule has 1 aliphatic rings. The van der Waals surface area contributed by atoms with Crippen LogP contribution in [-0.2, 0) is 20.7 Å². The predicted molar refractivity (Wildman–Crippen MR) is 129 cm³/mol. The molecule has 3 aromatic rings. The van der Waals surface area contributed by atoms with Gasteiger partial charge in [-0.2, -0.15) is 4.57 Å². The number of ether oxygens (including phenoxy) is 1. The molecule has 2 amide bonds. The number of nitrogens with one attached hydrogen (secondary N) is 1. The molecular formula is C25H26ClN4O4+. The van der Waals surface area contributed by atoms with Crippen molar-refractivity contribution in [1.82, 2.24) is 14.7 Å². The maximum Gasteiger partial charge on any atom is 0.326 e. The van der Waals surface area contributed by atoms with Crippen molar-refractivity contribution in [1.29, 1.82) is 0 Å². The van der Waals surface area contributed by atoms with Crippen LogP contribution in [0.1, 0.15) is 29.3 Å². The lowest BCUT2D eigenvalue weighted by Gasteiger charge is -2.12. The van der Waals surface area contributed by atoms with Crippen molar-refractivity contribution in [2.45, 2.75) is 27.2 Å². The second-order valence-corrected chi connectivity index (χ2v) is 8.65. The standard InChI is InChI=1S/C25H25ClN4O4/c1-5-19-20(24(32)30(27-19)18-8-6-17(26)7-9-18)21-22(28-13-15(2)12-16(3)14-28)25(33)29(23(21)31)10-11-34-4/h6-9,12-14H,5,10-11H2,1-4H3/p+1. The minimum absolute atomic E-state index is 0.0851. The van der Waals surface area contributed by atoms with Gasteiger partial charge in [-0.15, -0.1) is 0 Å². The Balaban J connectivity index is 1.99. The number of halogens is 1. The highest BCUT2D eigenvalue weighted by atomic mass is 35.5. The number of hydrogen-bond donors (Lipinski definition) is 1. The van der Waals surface area contributed by atoms with E-state index in [2.05, 4.69) is 5.10 Å². The lowest BCUT2D eigenvalue weighted by molar-refractivity contribution is -0.577. The maximum atomic E-state index is 13.7. The fourth-order valence-electron chi connectivity index (χ4n) is 4.22. The van der Waals surface area contributed by atoms with Gasteiger partial charge in [0.15, 0.2) is 12.4 Å². The summed E-state index contributed by atoms with van der Waals surface area (Å²) in [5.74, 6) is -0.981. The number of rotatable bonds is 7. The van der Waals surface area contributed by atoms with E-state index in [1.165, 1.54) is 11.8 Å². The van der Waals surface area contributed by atoms with Crippen molar-refractivity contribution in [3.8, 4) is 5.69 Å². The summed E-state index contributed by atoms with van der Waals surface area (Å²) < 4.78 is 8.12. The molecular weight excluding hydrogens is 456 g/mol. The van der Waals surface area contributed by atoms with Gasteiger partial charge in [0.05, 0.1) is 24.4 Å². The van der Waals surface area contributed by atoms with Gasteiger partial charge in [-0.1, -0.05) is 18.5 Å². The molecule has 34 heavy (non-hydrogen) atoms. The Hall–Kier alpha value is -3.49. The van der Waals surface area contributed by atoms with E-state index in [4.69, 9.17) is 16.3 Å². The van der Waals surface area contributed by atoms with E-state index in [9.17, 15) is 14.4 Å². The van der Waals surface area contributed by atoms with E-state index in [0.29, 0.717) is 22.8 Å². The number of methoxy groups -OCH3 is 1. The van der Waals surface area contributed by atoms with Gasteiger partial charge in [0.1, 0.15) is 5.57 Å². The zero-order chi connectivity index (χ0) is 24.6. The number of amides is 2. The minimum Gasteiger partial charge on any atom is -0.383 e. The third-order valence-corrected chi connectivity index (χ3v) is 5.97. The molecule has 3 heterocycles. The molecule has 0 aliphatic carbocycles. The predicted octanol–water partition coefficient (Wildman–Crippen LogP) is 2.67. The number of aryl methyl sites for hydroxylation is 3. The molecule has 1 aromatic carbocycles. The molecule has 0 saturated carbocycles. The highest BCUT2D eigenvalue weighted by Crippen LogP contribution is 2.30. The molecule has 0 radical (unpaired) electrons. The number of hydrogen-bond acceptors (Lipinski definition) is 4. The Bertz CT molecular complexity index is 1350. The number of aromatic nitrogens is 3. The topological polar surface area (TPSA) is 88.3 Å². The van der Waals surface area contributed by atoms with Crippen molar-refractivity contribution in [3.63, 3.8) is 0 Å². The Morgan fingerprint density at radius 1 is 1.03 bits per heavy atom. The van der Waals surface area contributed by atoms with E-state index >= 15 is 0 Å². The number of pyridine rings is 1. The van der Waals surface area contributed by atoms with E-state index in [0.717, 1.165) is 16.0 Å². The monoisotopic (exact) mass is 481 g/mol. The lowest BCUT2D eigenvalue weighted by atomic mass is 10.0. The normalized spacial score (nSPS) is 14.0. The van der Waals surface area contributed by atoms with Crippen LogP contribution in [0.4, 0.5) is 0 Å². The Labute approximate surface area is 202 Å². The number of benzene rings is 1. The molecule has 0 bridgehead atoms. The molecule has 0 spiro atoms. The first kappa shape index (κ1) is 23.7. The molecule has 0 fully saturated rings. The summed E-state index contributed by atoms with van der Waals surface area (Å²) in [4.78, 5) is 41.9. The summed E-state index contributed by atoms with van der Waals surface area (Å²) in [5, 5.41) is 3.65. The Morgan fingerprint density at radius 3 is 2.26 bits per heavy atom. The number of nitrogens with zero attached hydrogens (tertiary/aromatic N) is 3. The SMILES string of the molecule is CCc1[nH]n(-c2ccc(Cl)cc2)c(=O)c1C1=C([n+]2cc(C)cc(C)c2)C(=O)N(CCOC)C1=O. The molecule has 9 heteroatoms. The van der Waals surface area contributed by atoms with Gasteiger partial charge in [0.25, 0.3) is 17.2 Å². The molecule has 8 nitrogen and oxygen atoms in total. The minimum atomic E-state index is -0.516. The molecule has 0 atom stereocenters. The van der Waals surface area contributed by atoms with Crippen LogP contribution >= 0.6 is 11.6 Å². The number of carbonyl (C=O) groups is 2. The summed E-state index contributed by atoms with van der Waals surface area (Å²) in [6, 6.07) is 8.76. The van der Waals surface area contributed by atoms with Gasteiger partial charge < -0.3 is 4.74 Å². The Kier molecular flexibility index (Phi) is 6.54. The highest BCUT2D eigenvalue weighted by molar-refractivity contribution is 6.44. The second-order valence-electron chi connectivity index (χ2n) is 8.21. The molecule has 1 aliphatic heterocycles. The van der Waals surface area contributed by atoms with Gasteiger partial charge >= 0.3 is 5.91 Å². The van der Waals surface area contributed by atoms with Gasteiger partial charge in [0, 0.05) is 29.0 Å². The summed E-state index contributed by atoms with van der Waals surface area (Å²) >= 11 is 6.01. The molecule has 2 aromatic heterocycles. The van der Waals surface area contributed by atoms with Gasteiger partial charge in [-0.3, -0.25) is 24.4 Å². The van der Waals surface area contributed by atoms with Crippen LogP contribution in [0.5, 0.6) is 0 Å². The van der Waals surface area contributed by atoms with Crippen LogP contribution in [0.15, 0.2) is 47.5 Å². The molecule has 0 saturated heterocycles. The Morgan fingerprint density at radius 2 is 1.68 bits per heavy atom. The highest BCUT2D eigenvalue weighted by Gasteiger charge is 2.47. The van der Waals surface area contributed by atoms with E-state index in [1.54, 1.807) is 41.2 Å². The van der Waals surface area contributed by atoms with Crippen molar-refractivity contribution in [2.24, 2.45) is 0 Å². The number of carbonyl (C=O) groups excluding carboxylic acids is 2. The van der Waals surface area contributed by atoms with Crippen molar-refractivity contribution in [2.75, 3.05) is 20.3 Å². The van der Waals surface area contributed by atoms with Crippen molar-refractivity contribution >= 4 is 34.7 Å². The summed E-state index contributed by atoms with van der Waals surface area (Å²) in [7, 11) is 1.51. The largest absolute Gasteiger partial charge is 0.383 e. The smallest absolute Gasteiger partial charge is 0.326 e. The first-order valence-electron chi connectivity index (χ1n) is 11.0. The molecule has 4 rings (SSSR count). The fraction of sp³-hybridized carbons (Fsp3) is 0.280. The van der Waals surface area contributed by atoms with E-state index in [-0.39, 0.29) is 30.0 Å². The second kappa shape index (κ2) is 9.40. The third kappa shape index (κ3) is 4.10. The average molecular weight is 482 g/mol. The molecule has 1 N–H and O–H groups in total. The van der Waals surface area contributed by atoms with Crippen LogP contribution in [-0.4, -0.2) is 46.8 Å². The van der Waals surface area contributed by atoms with E-state index < -0.39 is 17.4 Å². The van der Waals surface area contributed by atoms with Crippen molar-refractivity contribution in [3.05, 3.63) is 80.5 Å². The third-order valence-electron chi connectivity index (χ3n) is 5.72. The quantitative estimate of drug-likeness (QED) is 0.415. The van der Waals surface area contributed by atoms with Crippen LogP contribution in [0.25, 0.3) is 17.0 Å². The lowest BCUT2D eigenvalue weighted by Crippen LogP contribution is -2.41. The maximum absolute atomic E-state index is 13.7. The molecule has 0 unspecified atom stereocenters. The van der Waals surface area contributed by atoms with Crippen LogP contribution in [0, 0.1) is 13.8 Å². The zero-order valence-corrected chi connectivity index (χ0v) is 20.3. The first-order chi connectivity index (χ1) is 16.3. The van der Waals surface area contributed by atoms with Gasteiger partial charge in [-0.05, 0) is 50.6 Å². The van der Waals surface area contributed by atoms with Crippen molar-refractivity contribution < 1.29 is 18.9 Å². The van der Waals surface area contributed by atoms with Crippen LogP contribution < -0.4 is 10.1 Å². The molecule has 176 valence electrons. The van der Waals surface area contributed by atoms with Crippen LogP contribution in [0.2, 0.25) is 5.02 Å². The van der Waals surface area contributed by atoms with E-state index in [1.807, 2.05) is 26.8 Å². The van der Waals surface area contributed by atoms with Gasteiger partial charge in [0.2, 0.25) is 0 Å². The number of imide groups is 1. The summed E-state index contributed by atoms with van der Waals surface area (Å²) in [6.07, 6.45) is 4.02. The van der Waals surface area contributed by atoms with Gasteiger partial charge in [-0.25, -0.2) is 4.68 Å². The number of H-pyrrole nitrogens is 1. The first-order valence-corrected chi connectivity index (χ1v) is 11.3. The fourth-order valence-corrected chi connectivity index (χ4v) is 4.35. The summed E-state index contributed by atoms with van der Waals surface area (Å²) in [6.45, 7) is 5.99.